The molecule has 6 nitrogen and oxygen atoms in total. The lowest BCUT2D eigenvalue weighted by Crippen LogP contribution is -2.34. The van der Waals surface area contributed by atoms with E-state index in [1.165, 1.54) is 11.3 Å². The third kappa shape index (κ3) is 2.90. The molecule has 0 saturated carbocycles. The van der Waals surface area contributed by atoms with Gasteiger partial charge in [-0.3, -0.25) is 14.2 Å². The molecule has 3 heterocycles. The molecule has 0 unspecified atom stereocenters. The molecule has 7 heteroatoms. The van der Waals surface area contributed by atoms with Gasteiger partial charge >= 0.3 is 0 Å². The zero-order chi connectivity index (χ0) is 18.3. The number of halogens is 1. The van der Waals surface area contributed by atoms with Crippen molar-refractivity contribution in [2.24, 2.45) is 14.1 Å². The van der Waals surface area contributed by atoms with Crippen molar-refractivity contribution in [3.63, 3.8) is 0 Å². The molecule has 26 heavy (non-hydrogen) atoms. The van der Waals surface area contributed by atoms with Crippen molar-refractivity contribution >= 4 is 17.5 Å². The second-order valence-electron chi connectivity index (χ2n) is 6.55. The summed E-state index contributed by atoms with van der Waals surface area (Å²) < 4.78 is 3.51. The number of aryl methyl sites for hydroxylation is 2. The molecule has 0 atom stereocenters. The van der Waals surface area contributed by atoms with Gasteiger partial charge in [0.05, 0.1) is 10.7 Å². The molecule has 0 aliphatic carbocycles. The van der Waals surface area contributed by atoms with Crippen LogP contribution >= 0.6 is 11.6 Å². The Labute approximate surface area is 157 Å². The Morgan fingerprint density at radius 2 is 1.81 bits per heavy atom. The molecule has 0 spiro atoms. The third-order valence-corrected chi connectivity index (χ3v) is 5.12. The SMILES string of the molecule is Cn1cc(Cl)c(C(=O)N2CCc3c(-c4ccccc4)nn(C)c3CC2)n1. The Bertz CT molecular complexity index is 960. The minimum absolute atomic E-state index is 0.113. The highest BCUT2D eigenvalue weighted by atomic mass is 35.5. The summed E-state index contributed by atoms with van der Waals surface area (Å²) in [4.78, 5) is 14.7. The quantitative estimate of drug-likeness (QED) is 0.698. The van der Waals surface area contributed by atoms with Gasteiger partial charge in [-0.25, -0.2) is 0 Å². The number of hydrogen-bond acceptors (Lipinski definition) is 3. The average molecular weight is 370 g/mol. The smallest absolute Gasteiger partial charge is 0.275 e. The maximum absolute atomic E-state index is 12.8. The second-order valence-corrected chi connectivity index (χ2v) is 6.96. The predicted octanol–water partition coefficient (Wildman–Crippen LogP) is 2.72. The molecular formula is C19H20ClN5O. The summed E-state index contributed by atoms with van der Waals surface area (Å²) in [6.07, 6.45) is 3.18. The highest BCUT2D eigenvalue weighted by Crippen LogP contribution is 2.28. The standard InChI is InChI=1S/C19H20ClN5O/c1-23-12-15(20)18(21-23)19(26)25-10-8-14-16(9-11-25)24(2)22-17(14)13-6-4-3-5-7-13/h3-7,12H,8-11H2,1-2H3. The van der Waals surface area contributed by atoms with E-state index in [9.17, 15) is 4.79 Å². The maximum Gasteiger partial charge on any atom is 0.275 e. The Kier molecular flexibility index (Phi) is 4.28. The van der Waals surface area contributed by atoms with Crippen molar-refractivity contribution in [1.29, 1.82) is 0 Å². The van der Waals surface area contributed by atoms with E-state index in [0.29, 0.717) is 23.8 Å². The first-order valence-corrected chi connectivity index (χ1v) is 9.01. The van der Waals surface area contributed by atoms with Crippen molar-refractivity contribution < 1.29 is 4.79 Å². The Morgan fingerprint density at radius 1 is 1.08 bits per heavy atom. The summed E-state index contributed by atoms with van der Waals surface area (Å²) in [5, 5.41) is 9.33. The van der Waals surface area contributed by atoms with Crippen LogP contribution in [0.2, 0.25) is 5.02 Å². The van der Waals surface area contributed by atoms with Crippen LogP contribution in [0.15, 0.2) is 36.5 Å². The molecule has 0 fully saturated rings. The first kappa shape index (κ1) is 16.8. The number of carbonyl (C=O) groups excluding carboxylic acids is 1. The molecule has 0 radical (unpaired) electrons. The van der Waals surface area contributed by atoms with E-state index < -0.39 is 0 Å². The number of aromatic nitrogens is 4. The molecule has 0 saturated heterocycles. The fraction of sp³-hybridized carbons (Fsp3) is 0.316. The number of benzene rings is 1. The Hall–Kier alpha value is -2.60. The van der Waals surface area contributed by atoms with Crippen LogP contribution in [-0.2, 0) is 26.9 Å². The molecule has 134 valence electrons. The lowest BCUT2D eigenvalue weighted by atomic mass is 10.0. The molecule has 3 aromatic rings. The predicted molar refractivity (Wildman–Crippen MR) is 100 cm³/mol. The van der Waals surface area contributed by atoms with Crippen molar-refractivity contribution in [3.8, 4) is 11.3 Å². The van der Waals surface area contributed by atoms with Gasteiger partial charge in [-0.2, -0.15) is 10.2 Å². The third-order valence-electron chi connectivity index (χ3n) is 4.85. The van der Waals surface area contributed by atoms with Crippen molar-refractivity contribution in [2.45, 2.75) is 12.8 Å². The van der Waals surface area contributed by atoms with Gasteiger partial charge in [-0.05, 0) is 6.42 Å². The van der Waals surface area contributed by atoms with Crippen LogP contribution in [0.5, 0.6) is 0 Å². The van der Waals surface area contributed by atoms with Crippen LogP contribution in [0.25, 0.3) is 11.3 Å². The lowest BCUT2D eigenvalue weighted by Gasteiger charge is -2.19. The van der Waals surface area contributed by atoms with Crippen molar-refractivity contribution in [3.05, 3.63) is 58.5 Å². The number of fused-ring (bicyclic) bond motifs is 1. The van der Waals surface area contributed by atoms with Gasteiger partial charge in [0.15, 0.2) is 5.69 Å². The summed E-state index contributed by atoms with van der Waals surface area (Å²) >= 11 is 6.15. The number of hydrogen-bond donors (Lipinski definition) is 0. The molecule has 2 aromatic heterocycles. The first-order valence-electron chi connectivity index (χ1n) is 8.63. The molecule has 0 N–H and O–H groups in total. The monoisotopic (exact) mass is 369 g/mol. The number of amides is 1. The molecule has 0 bridgehead atoms. The highest BCUT2D eigenvalue weighted by molar-refractivity contribution is 6.33. The largest absolute Gasteiger partial charge is 0.336 e. The Balaban J connectivity index is 1.62. The fourth-order valence-corrected chi connectivity index (χ4v) is 3.82. The first-order chi connectivity index (χ1) is 12.5. The molecule has 4 rings (SSSR count). The summed E-state index contributed by atoms with van der Waals surface area (Å²) in [5.74, 6) is -0.113. The zero-order valence-electron chi connectivity index (χ0n) is 14.8. The summed E-state index contributed by atoms with van der Waals surface area (Å²) in [6, 6.07) is 10.2. The fourth-order valence-electron chi connectivity index (χ4n) is 3.56. The number of carbonyl (C=O) groups is 1. The van der Waals surface area contributed by atoms with Gasteiger partial charge in [-0.15, -0.1) is 0 Å². The van der Waals surface area contributed by atoms with Crippen LogP contribution in [0, 0.1) is 0 Å². The van der Waals surface area contributed by atoms with Crippen LogP contribution in [0.1, 0.15) is 21.7 Å². The minimum Gasteiger partial charge on any atom is -0.336 e. The van der Waals surface area contributed by atoms with Gasteiger partial charge in [0.1, 0.15) is 0 Å². The summed E-state index contributed by atoms with van der Waals surface area (Å²) in [5.41, 5.74) is 4.85. The van der Waals surface area contributed by atoms with E-state index in [4.69, 9.17) is 16.7 Å². The molecule has 1 aromatic carbocycles. The van der Waals surface area contributed by atoms with E-state index in [2.05, 4.69) is 17.2 Å². The van der Waals surface area contributed by atoms with Crippen LogP contribution in [0.3, 0.4) is 0 Å². The molecule has 1 aliphatic heterocycles. The van der Waals surface area contributed by atoms with Gasteiger partial charge in [0, 0.05) is 56.6 Å². The zero-order valence-corrected chi connectivity index (χ0v) is 15.6. The number of nitrogens with zero attached hydrogens (tertiary/aromatic N) is 5. The van der Waals surface area contributed by atoms with Gasteiger partial charge in [-0.1, -0.05) is 41.9 Å². The van der Waals surface area contributed by atoms with Crippen LogP contribution < -0.4 is 0 Å². The van der Waals surface area contributed by atoms with E-state index >= 15 is 0 Å². The van der Waals surface area contributed by atoms with Crippen molar-refractivity contribution in [2.75, 3.05) is 13.1 Å². The van der Waals surface area contributed by atoms with Gasteiger partial charge < -0.3 is 4.90 Å². The van der Waals surface area contributed by atoms with Crippen LogP contribution in [-0.4, -0.2) is 43.5 Å². The highest BCUT2D eigenvalue weighted by Gasteiger charge is 2.27. The van der Waals surface area contributed by atoms with Crippen LogP contribution in [0.4, 0.5) is 0 Å². The van der Waals surface area contributed by atoms with Gasteiger partial charge in [0.2, 0.25) is 0 Å². The van der Waals surface area contributed by atoms with E-state index in [1.54, 1.807) is 17.9 Å². The average Bonchev–Trinajstić information content (AvgIpc) is 3.04. The topological polar surface area (TPSA) is 56.0 Å². The summed E-state index contributed by atoms with van der Waals surface area (Å²) in [7, 11) is 3.73. The second kappa shape index (κ2) is 6.61. The normalized spacial score (nSPS) is 14.2. The molecule has 1 aliphatic rings. The van der Waals surface area contributed by atoms with E-state index in [0.717, 1.165) is 24.1 Å². The Morgan fingerprint density at radius 3 is 2.50 bits per heavy atom. The van der Waals surface area contributed by atoms with Crippen molar-refractivity contribution in [1.82, 2.24) is 24.5 Å². The molecule has 1 amide bonds. The maximum atomic E-state index is 12.8. The van der Waals surface area contributed by atoms with E-state index in [-0.39, 0.29) is 5.91 Å². The molecular weight excluding hydrogens is 350 g/mol. The lowest BCUT2D eigenvalue weighted by molar-refractivity contribution is 0.0756. The van der Waals surface area contributed by atoms with E-state index in [1.807, 2.05) is 34.8 Å². The minimum atomic E-state index is -0.113. The summed E-state index contributed by atoms with van der Waals surface area (Å²) in [6.45, 7) is 1.26. The van der Waals surface area contributed by atoms with Gasteiger partial charge in [0.25, 0.3) is 5.91 Å². The number of rotatable bonds is 2.